The lowest BCUT2D eigenvalue weighted by Crippen LogP contribution is -2.35. The lowest BCUT2D eigenvalue weighted by molar-refractivity contribution is -0.121. The van der Waals surface area contributed by atoms with Gasteiger partial charge in [-0.2, -0.15) is 0 Å². The van der Waals surface area contributed by atoms with Gasteiger partial charge in [-0.3, -0.25) is 4.79 Å². The number of carboxylic acids is 1. The van der Waals surface area contributed by atoms with Crippen LogP contribution < -0.4 is 15.0 Å². The molecule has 1 saturated carbocycles. The first-order valence-electron chi connectivity index (χ1n) is 14.1. The van der Waals surface area contributed by atoms with Crippen LogP contribution >= 0.6 is 0 Å². The standard InChI is InChI=1S/C31H42N2O4/c1-3-37-29-20-24(13-15-26(29)31(35)36)21-30(34)32-27(19-23-10-6-4-7-11-23)25-14-12-22(2)18-28(25)33-16-8-5-9-17-33/h12-15,18,20,23,27H,3-11,16-17,19,21H2,1-2H3,(H,32,34)(H,35,36). The van der Waals surface area contributed by atoms with E-state index >= 15 is 0 Å². The molecule has 2 aromatic carbocycles. The van der Waals surface area contributed by atoms with Gasteiger partial charge < -0.3 is 20.1 Å². The Morgan fingerprint density at radius 3 is 2.46 bits per heavy atom. The Morgan fingerprint density at radius 2 is 1.76 bits per heavy atom. The second-order valence-corrected chi connectivity index (χ2v) is 10.7. The van der Waals surface area contributed by atoms with Crippen molar-refractivity contribution in [2.24, 2.45) is 5.92 Å². The number of carbonyl (C=O) groups excluding carboxylic acids is 1. The Hall–Kier alpha value is -3.02. The highest BCUT2D eigenvalue weighted by molar-refractivity contribution is 5.91. The molecule has 0 bridgehead atoms. The lowest BCUT2D eigenvalue weighted by Gasteiger charge is -2.34. The van der Waals surface area contributed by atoms with Crippen LogP contribution in [0.5, 0.6) is 5.75 Å². The van der Waals surface area contributed by atoms with E-state index in [2.05, 4.69) is 35.3 Å². The molecule has 1 amide bonds. The second-order valence-electron chi connectivity index (χ2n) is 10.7. The maximum absolute atomic E-state index is 13.4. The van der Waals surface area contributed by atoms with Crippen molar-refractivity contribution in [3.8, 4) is 5.75 Å². The summed E-state index contributed by atoms with van der Waals surface area (Å²) in [5.41, 5.74) is 4.61. The van der Waals surface area contributed by atoms with E-state index in [1.165, 1.54) is 74.2 Å². The number of rotatable bonds is 10. The van der Waals surface area contributed by atoms with Gasteiger partial charge in [-0.15, -0.1) is 0 Å². The number of nitrogens with zero attached hydrogens (tertiary/aromatic N) is 1. The summed E-state index contributed by atoms with van der Waals surface area (Å²) in [5, 5.41) is 12.8. The minimum atomic E-state index is -1.03. The van der Waals surface area contributed by atoms with Crippen LogP contribution in [-0.2, 0) is 11.2 Å². The van der Waals surface area contributed by atoms with Gasteiger partial charge in [-0.1, -0.05) is 50.3 Å². The number of hydrogen-bond donors (Lipinski definition) is 2. The SMILES string of the molecule is CCOc1cc(CC(=O)NC(CC2CCCCC2)c2ccc(C)cc2N2CCCCC2)ccc1C(=O)O. The van der Waals surface area contributed by atoms with Gasteiger partial charge in [0.2, 0.25) is 5.91 Å². The van der Waals surface area contributed by atoms with Gasteiger partial charge >= 0.3 is 5.97 Å². The first kappa shape index (κ1) is 27.0. The molecule has 6 nitrogen and oxygen atoms in total. The third kappa shape index (κ3) is 7.27. The van der Waals surface area contributed by atoms with Gasteiger partial charge in [-0.25, -0.2) is 4.79 Å². The molecule has 2 aliphatic rings. The molecule has 0 radical (unpaired) electrons. The topological polar surface area (TPSA) is 78.9 Å². The van der Waals surface area contributed by atoms with E-state index in [0.29, 0.717) is 18.3 Å². The summed E-state index contributed by atoms with van der Waals surface area (Å²) in [4.78, 5) is 27.4. The maximum Gasteiger partial charge on any atom is 0.339 e. The number of ether oxygens (including phenoxy) is 1. The Labute approximate surface area is 221 Å². The van der Waals surface area contributed by atoms with Gasteiger partial charge in [0.25, 0.3) is 0 Å². The van der Waals surface area contributed by atoms with Crippen molar-refractivity contribution < 1.29 is 19.4 Å². The van der Waals surface area contributed by atoms with Crippen LogP contribution in [0.25, 0.3) is 0 Å². The highest BCUT2D eigenvalue weighted by Crippen LogP contribution is 2.37. The minimum absolute atomic E-state index is 0.0437. The molecule has 0 aromatic heterocycles. The Bertz CT molecular complexity index is 1070. The average molecular weight is 507 g/mol. The zero-order valence-corrected chi connectivity index (χ0v) is 22.4. The molecular formula is C31H42N2O4. The summed E-state index contributed by atoms with van der Waals surface area (Å²) in [6.07, 6.45) is 11.2. The molecule has 4 rings (SSSR count). The van der Waals surface area contributed by atoms with E-state index < -0.39 is 5.97 Å². The molecule has 6 heteroatoms. The Kier molecular flexibility index (Phi) is 9.48. The van der Waals surface area contributed by atoms with E-state index in [1.54, 1.807) is 12.1 Å². The summed E-state index contributed by atoms with van der Waals surface area (Å²) in [6, 6.07) is 11.6. The molecule has 1 heterocycles. The molecule has 2 N–H and O–H groups in total. The Morgan fingerprint density at radius 1 is 1.03 bits per heavy atom. The molecule has 37 heavy (non-hydrogen) atoms. The monoisotopic (exact) mass is 506 g/mol. The normalized spacial score (nSPS) is 17.3. The average Bonchev–Trinajstić information content (AvgIpc) is 2.89. The number of piperidine rings is 1. The number of carbonyl (C=O) groups is 2. The minimum Gasteiger partial charge on any atom is -0.493 e. The van der Waals surface area contributed by atoms with Crippen molar-refractivity contribution in [3.63, 3.8) is 0 Å². The molecule has 1 unspecified atom stereocenters. The van der Waals surface area contributed by atoms with Crippen LogP contribution in [0.2, 0.25) is 0 Å². The number of benzene rings is 2. The first-order chi connectivity index (χ1) is 17.9. The largest absolute Gasteiger partial charge is 0.493 e. The predicted molar refractivity (Wildman–Crippen MR) is 148 cm³/mol. The van der Waals surface area contributed by atoms with Crippen molar-refractivity contribution in [1.82, 2.24) is 5.32 Å². The number of anilines is 1. The Balaban J connectivity index is 1.57. The zero-order chi connectivity index (χ0) is 26.2. The van der Waals surface area contributed by atoms with Crippen molar-refractivity contribution in [1.29, 1.82) is 0 Å². The van der Waals surface area contributed by atoms with Crippen LogP contribution in [0.4, 0.5) is 5.69 Å². The van der Waals surface area contributed by atoms with Crippen LogP contribution in [0.1, 0.15) is 97.8 Å². The summed E-state index contributed by atoms with van der Waals surface area (Å²) in [7, 11) is 0. The van der Waals surface area contributed by atoms with E-state index in [0.717, 1.165) is 25.1 Å². The van der Waals surface area contributed by atoms with E-state index in [1.807, 2.05) is 6.92 Å². The van der Waals surface area contributed by atoms with Crippen molar-refractivity contribution in [2.45, 2.75) is 84.1 Å². The van der Waals surface area contributed by atoms with E-state index in [4.69, 9.17) is 4.74 Å². The number of aromatic carboxylic acids is 1. The smallest absolute Gasteiger partial charge is 0.339 e. The van der Waals surface area contributed by atoms with Gasteiger partial charge in [0.15, 0.2) is 0 Å². The predicted octanol–water partition coefficient (Wildman–Crippen LogP) is 6.45. The lowest BCUT2D eigenvalue weighted by atomic mass is 9.82. The molecule has 2 fully saturated rings. The van der Waals surface area contributed by atoms with Crippen LogP contribution in [0, 0.1) is 12.8 Å². The highest BCUT2D eigenvalue weighted by atomic mass is 16.5. The van der Waals surface area contributed by atoms with Crippen molar-refractivity contribution in [3.05, 3.63) is 58.7 Å². The number of aryl methyl sites for hydroxylation is 1. The van der Waals surface area contributed by atoms with Crippen LogP contribution in [0.15, 0.2) is 36.4 Å². The third-order valence-electron chi connectivity index (χ3n) is 7.83. The number of carboxylic acid groups (broad SMARTS) is 1. The van der Waals surface area contributed by atoms with Gasteiger partial charge in [-0.05, 0) is 80.3 Å². The van der Waals surface area contributed by atoms with Crippen molar-refractivity contribution in [2.75, 3.05) is 24.6 Å². The quantitative estimate of drug-likeness (QED) is 0.387. The molecule has 1 saturated heterocycles. The molecule has 1 atom stereocenters. The van der Waals surface area contributed by atoms with E-state index in [9.17, 15) is 14.7 Å². The molecule has 1 aliphatic heterocycles. The summed E-state index contributed by atoms with van der Waals surface area (Å²) in [6.45, 7) is 6.46. The molecule has 200 valence electrons. The number of amides is 1. The van der Waals surface area contributed by atoms with Gasteiger partial charge in [0, 0.05) is 18.8 Å². The van der Waals surface area contributed by atoms with Crippen molar-refractivity contribution >= 4 is 17.6 Å². The van der Waals surface area contributed by atoms with E-state index in [-0.39, 0.29) is 23.9 Å². The highest BCUT2D eigenvalue weighted by Gasteiger charge is 2.26. The summed E-state index contributed by atoms with van der Waals surface area (Å²) >= 11 is 0. The second kappa shape index (κ2) is 13.0. The summed E-state index contributed by atoms with van der Waals surface area (Å²) in [5.74, 6) is -0.146. The van der Waals surface area contributed by atoms with Crippen LogP contribution in [-0.4, -0.2) is 36.7 Å². The zero-order valence-electron chi connectivity index (χ0n) is 22.4. The van der Waals surface area contributed by atoms with Gasteiger partial charge in [0.1, 0.15) is 11.3 Å². The molecular weight excluding hydrogens is 464 g/mol. The number of nitrogens with one attached hydrogen (secondary N) is 1. The molecule has 2 aromatic rings. The fourth-order valence-electron chi connectivity index (χ4n) is 5.94. The molecule has 0 spiro atoms. The fourth-order valence-corrected chi connectivity index (χ4v) is 5.94. The first-order valence-corrected chi connectivity index (χ1v) is 14.1. The summed E-state index contributed by atoms with van der Waals surface area (Å²) < 4.78 is 5.55. The molecule has 1 aliphatic carbocycles. The third-order valence-corrected chi connectivity index (χ3v) is 7.83. The maximum atomic E-state index is 13.4. The van der Waals surface area contributed by atoms with Crippen LogP contribution in [0.3, 0.4) is 0 Å². The number of hydrogen-bond acceptors (Lipinski definition) is 4. The van der Waals surface area contributed by atoms with Gasteiger partial charge in [0.05, 0.1) is 19.1 Å². The fraction of sp³-hybridized carbons (Fsp3) is 0.548.